The Kier molecular flexibility index (Phi) is 5.92. The maximum Gasteiger partial charge on any atom is 0.278 e. The molecule has 1 heterocycles. The quantitative estimate of drug-likeness (QED) is 0.533. The zero-order valence-corrected chi connectivity index (χ0v) is 18.2. The first-order valence-electron chi connectivity index (χ1n) is 10.2. The molecule has 0 saturated carbocycles. The van der Waals surface area contributed by atoms with Crippen LogP contribution < -0.4 is 5.32 Å². The maximum absolute atomic E-state index is 13.3. The van der Waals surface area contributed by atoms with Crippen molar-refractivity contribution < 1.29 is 9.59 Å². The van der Waals surface area contributed by atoms with Crippen molar-refractivity contribution in [3.8, 4) is 0 Å². The van der Waals surface area contributed by atoms with Gasteiger partial charge in [-0.15, -0.1) is 0 Å². The number of anilines is 1. The van der Waals surface area contributed by atoms with E-state index in [2.05, 4.69) is 5.32 Å². The van der Waals surface area contributed by atoms with Crippen molar-refractivity contribution in [2.45, 2.75) is 20.3 Å². The van der Waals surface area contributed by atoms with E-state index >= 15 is 0 Å². The summed E-state index contributed by atoms with van der Waals surface area (Å²) in [6, 6.07) is 22.7. The summed E-state index contributed by atoms with van der Waals surface area (Å²) in [5, 5.41) is 3.79. The fraction of sp³-hybridized carbons (Fsp3) is 0.154. The molecule has 0 aromatic heterocycles. The Bertz CT molecular complexity index is 1170. The normalized spacial score (nSPS) is 13.8. The van der Waals surface area contributed by atoms with Gasteiger partial charge in [0.2, 0.25) is 0 Å². The molecule has 0 unspecified atom stereocenters. The molecule has 156 valence electrons. The summed E-state index contributed by atoms with van der Waals surface area (Å²) in [6.07, 6.45) is 0.600. The van der Waals surface area contributed by atoms with E-state index < -0.39 is 0 Å². The van der Waals surface area contributed by atoms with Gasteiger partial charge in [0.25, 0.3) is 11.8 Å². The molecule has 4 rings (SSSR count). The van der Waals surface area contributed by atoms with Crippen LogP contribution in [0.25, 0.3) is 5.57 Å². The SMILES string of the molecule is Cc1ccc(NC2=C(c3ccc(Cl)cc3)C(=O)N(CCc3ccccc3)C2=O)cc1C. The first kappa shape index (κ1) is 20.9. The predicted octanol–water partition coefficient (Wildman–Crippen LogP) is 5.39. The number of imide groups is 1. The molecule has 31 heavy (non-hydrogen) atoms. The molecule has 0 bridgehead atoms. The third kappa shape index (κ3) is 4.39. The monoisotopic (exact) mass is 430 g/mol. The second-order valence-electron chi connectivity index (χ2n) is 7.68. The second-order valence-corrected chi connectivity index (χ2v) is 8.11. The Hall–Kier alpha value is -3.37. The van der Waals surface area contributed by atoms with E-state index in [1.165, 1.54) is 4.90 Å². The molecule has 4 nitrogen and oxygen atoms in total. The highest BCUT2D eigenvalue weighted by molar-refractivity contribution is 6.36. The molecule has 1 aliphatic rings. The lowest BCUT2D eigenvalue weighted by molar-refractivity contribution is -0.136. The number of rotatable bonds is 6. The van der Waals surface area contributed by atoms with Gasteiger partial charge in [-0.3, -0.25) is 14.5 Å². The first-order chi connectivity index (χ1) is 14.9. The van der Waals surface area contributed by atoms with Crippen LogP contribution in [-0.2, 0) is 16.0 Å². The number of nitrogens with zero attached hydrogens (tertiary/aromatic N) is 1. The molecule has 0 radical (unpaired) electrons. The molecule has 0 aliphatic carbocycles. The Labute approximate surface area is 187 Å². The molecule has 0 fully saturated rings. The van der Waals surface area contributed by atoms with Gasteiger partial charge in [-0.25, -0.2) is 0 Å². The van der Waals surface area contributed by atoms with Gasteiger partial charge >= 0.3 is 0 Å². The Morgan fingerprint density at radius 1 is 0.839 bits per heavy atom. The molecule has 1 N–H and O–H groups in total. The zero-order chi connectivity index (χ0) is 22.0. The molecule has 3 aromatic carbocycles. The molecule has 5 heteroatoms. The molecule has 0 atom stereocenters. The number of hydrogen-bond acceptors (Lipinski definition) is 3. The van der Waals surface area contributed by atoms with E-state index in [-0.39, 0.29) is 11.8 Å². The van der Waals surface area contributed by atoms with Crippen molar-refractivity contribution in [1.29, 1.82) is 0 Å². The Morgan fingerprint density at radius 2 is 1.55 bits per heavy atom. The van der Waals surface area contributed by atoms with Gasteiger partial charge in [-0.2, -0.15) is 0 Å². The van der Waals surface area contributed by atoms with Crippen LogP contribution in [0.3, 0.4) is 0 Å². The zero-order valence-electron chi connectivity index (χ0n) is 17.5. The number of aryl methyl sites for hydroxylation is 2. The summed E-state index contributed by atoms with van der Waals surface area (Å²) in [6.45, 7) is 4.37. The number of benzene rings is 3. The smallest absolute Gasteiger partial charge is 0.278 e. The number of amides is 2. The number of hydrogen-bond donors (Lipinski definition) is 1. The van der Waals surface area contributed by atoms with E-state index in [1.54, 1.807) is 24.3 Å². The van der Waals surface area contributed by atoms with E-state index in [0.29, 0.717) is 34.8 Å². The molecule has 0 spiro atoms. The minimum absolute atomic E-state index is 0.295. The van der Waals surface area contributed by atoms with Gasteiger partial charge in [0, 0.05) is 17.3 Å². The van der Waals surface area contributed by atoms with Crippen LogP contribution >= 0.6 is 11.6 Å². The predicted molar refractivity (Wildman–Crippen MR) is 125 cm³/mol. The van der Waals surface area contributed by atoms with Gasteiger partial charge in [-0.05, 0) is 66.8 Å². The van der Waals surface area contributed by atoms with Gasteiger partial charge in [-0.1, -0.05) is 60.1 Å². The molecule has 0 saturated heterocycles. The topological polar surface area (TPSA) is 49.4 Å². The molecular weight excluding hydrogens is 408 g/mol. The van der Waals surface area contributed by atoms with Gasteiger partial charge in [0.15, 0.2) is 0 Å². The van der Waals surface area contributed by atoms with E-state index in [9.17, 15) is 9.59 Å². The van der Waals surface area contributed by atoms with Crippen LogP contribution in [0.1, 0.15) is 22.3 Å². The van der Waals surface area contributed by atoms with Crippen molar-refractivity contribution in [3.05, 3.63) is 106 Å². The average molecular weight is 431 g/mol. The third-order valence-corrected chi connectivity index (χ3v) is 5.80. The summed E-state index contributed by atoms with van der Waals surface area (Å²) in [5.41, 5.74) is 5.45. The number of carbonyl (C=O) groups is 2. The lowest BCUT2D eigenvalue weighted by atomic mass is 10.0. The average Bonchev–Trinajstić information content (AvgIpc) is 3.00. The number of carbonyl (C=O) groups excluding carboxylic acids is 2. The second kappa shape index (κ2) is 8.78. The van der Waals surface area contributed by atoms with E-state index in [4.69, 9.17) is 11.6 Å². The highest BCUT2D eigenvalue weighted by Crippen LogP contribution is 2.31. The van der Waals surface area contributed by atoms with Gasteiger partial charge in [0.1, 0.15) is 5.70 Å². The van der Waals surface area contributed by atoms with Crippen molar-refractivity contribution in [1.82, 2.24) is 4.90 Å². The lowest BCUT2D eigenvalue weighted by Gasteiger charge is -2.15. The fourth-order valence-corrected chi connectivity index (χ4v) is 3.75. The molecule has 2 amide bonds. The Morgan fingerprint density at radius 3 is 2.23 bits per heavy atom. The summed E-state index contributed by atoms with van der Waals surface area (Å²) >= 11 is 6.03. The van der Waals surface area contributed by atoms with Crippen LogP contribution in [0, 0.1) is 13.8 Å². The van der Waals surface area contributed by atoms with Crippen LogP contribution in [0.2, 0.25) is 5.02 Å². The summed E-state index contributed by atoms with van der Waals surface area (Å²) in [7, 11) is 0. The van der Waals surface area contributed by atoms with E-state index in [1.807, 2.05) is 62.4 Å². The highest BCUT2D eigenvalue weighted by atomic mass is 35.5. The summed E-state index contributed by atoms with van der Waals surface area (Å²) in [5.74, 6) is -0.612. The fourth-order valence-electron chi connectivity index (χ4n) is 3.63. The Balaban J connectivity index is 1.68. The van der Waals surface area contributed by atoms with E-state index in [0.717, 1.165) is 22.4 Å². The largest absolute Gasteiger partial charge is 0.350 e. The minimum atomic E-state index is -0.316. The van der Waals surface area contributed by atoms with Crippen molar-refractivity contribution in [3.63, 3.8) is 0 Å². The van der Waals surface area contributed by atoms with Crippen LogP contribution in [0.15, 0.2) is 78.5 Å². The molecular formula is C26H23ClN2O2. The summed E-state index contributed by atoms with van der Waals surface area (Å²) in [4.78, 5) is 27.9. The lowest BCUT2D eigenvalue weighted by Crippen LogP contribution is -2.34. The molecule has 1 aliphatic heterocycles. The first-order valence-corrected chi connectivity index (χ1v) is 10.6. The standard InChI is InChI=1S/C26H23ClN2O2/c1-17-8-13-22(16-18(17)2)28-24-23(20-9-11-21(27)12-10-20)25(30)29(26(24)31)15-14-19-6-4-3-5-7-19/h3-13,16,28H,14-15H2,1-2H3. The minimum Gasteiger partial charge on any atom is -0.350 e. The highest BCUT2D eigenvalue weighted by Gasteiger charge is 2.38. The van der Waals surface area contributed by atoms with Crippen molar-refractivity contribution >= 4 is 34.7 Å². The van der Waals surface area contributed by atoms with Crippen LogP contribution in [0.5, 0.6) is 0 Å². The molecule has 3 aromatic rings. The van der Waals surface area contributed by atoms with Crippen molar-refractivity contribution in [2.75, 3.05) is 11.9 Å². The van der Waals surface area contributed by atoms with Crippen LogP contribution in [-0.4, -0.2) is 23.3 Å². The third-order valence-electron chi connectivity index (χ3n) is 5.54. The summed E-state index contributed by atoms with van der Waals surface area (Å²) < 4.78 is 0. The number of nitrogens with one attached hydrogen (secondary N) is 1. The van der Waals surface area contributed by atoms with Gasteiger partial charge in [0.05, 0.1) is 5.57 Å². The van der Waals surface area contributed by atoms with Gasteiger partial charge < -0.3 is 5.32 Å². The van der Waals surface area contributed by atoms with Crippen molar-refractivity contribution in [2.24, 2.45) is 0 Å². The number of halogens is 1. The van der Waals surface area contributed by atoms with Crippen LogP contribution in [0.4, 0.5) is 5.69 Å². The maximum atomic E-state index is 13.3.